The van der Waals surface area contributed by atoms with E-state index in [9.17, 15) is 4.39 Å². The maximum absolute atomic E-state index is 14.2. The van der Waals surface area contributed by atoms with E-state index in [2.05, 4.69) is 56.5 Å². The number of piperazine rings is 1. The molecule has 0 aliphatic carbocycles. The van der Waals surface area contributed by atoms with Gasteiger partial charge in [0, 0.05) is 32.7 Å². The predicted octanol–water partition coefficient (Wildman–Crippen LogP) is 3.72. The Labute approximate surface area is 177 Å². The summed E-state index contributed by atoms with van der Waals surface area (Å²) in [5.74, 6) is 0.785. The maximum atomic E-state index is 14.2. The molecule has 6 nitrogen and oxygen atoms in total. The van der Waals surface area contributed by atoms with Crippen molar-refractivity contribution in [2.75, 3.05) is 31.1 Å². The van der Waals surface area contributed by atoms with E-state index in [1.807, 2.05) is 22.9 Å². The van der Waals surface area contributed by atoms with Crippen molar-refractivity contribution in [1.82, 2.24) is 25.1 Å². The Morgan fingerprint density at radius 1 is 0.967 bits per heavy atom. The second kappa shape index (κ2) is 9.80. The molecular weight excluding hydrogens is 379 g/mol. The number of hydrogen-bond acceptors (Lipinski definition) is 5. The van der Waals surface area contributed by atoms with Crippen LogP contribution in [-0.2, 0) is 13.0 Å². The van der Waals surface area contributed by atoms with Crippen molar-refractivity contribution in [2.24, 2.45) is 0 Å². The summed E-state index contributed by atoms with van der Waals surface area (Å²) in [5, 5.41) is 12.7. The number of aromatic nitrogens is 4. The third-order valence-electron chi connectivity index (χ3n) is 5.82. The maximum Gasteiger partial charge on any atom is 0.168 e. The number of para-hydroxylation sites is 1. The lowest BCUT2D eigenvalue weighted by Crippen LogP contribution is -2.48. The SMILES string of the molecule is CCC[C@H](c1nnnn1CCc1ccccc1)N1CCN(c2ccccc2F)CC1. The van der Waals surface area contributed by atoms with Crippen molar-refractivity contribution in [3.05, 3.63) is 71.8 Å². The van der Waals surface area contributed by atoms with Gasteiger partial charge >= 0.3 is 0 Å². The number of nitrogens with zero attached hydrogens (tertiary/aromatic N) is 6. The molecule has 2 heterocycles. The lowest BCUT2D eigenvalue weighted by Gasteiger charge is -2.39. The lowest BCUT2D eigenvalue weighted by atomic mass is 10.1. The van der Waals surface area contributed by atoms with Crippen LogP contribution in [0.2, 0.25) is 0 Å². The van der Waals surface area contributed by atoms with Gasteiger partial charge < -0.3 is 4.90 Å². The van der Waals surface area contributed by atoms with Gasteiger partial charge in [0.1, 0.15) is 5.82 Å². The number of tetrazole rings is 1. The number of halogens is 1. The van der Waals surface area contributed by atoms with Crippen LogP contribution in [-0.4, -0.2) is 51.3 Å². The zero-order valence-electron chi connectivity index (χ0n) is 17.5. The lowest BCUT2D eigenvalue weighted by molar-refractivity contribution is 0.163. The molecule has 0 saturated carbocycles. The van der Waals surface area contributed by atoms with Crippen LogP contribution in [0, 0.1) is 5.82 Å². The molecule has 0 N–H and O–H groups in total. The summed E-state index contributed by atoms with van der Waals surface area (Å²) in [6, 6.07) is 17.6. The summed E-state index contributed by atoms with van der Waals surface area (Å²) in [7, 11) is 0. The van der Waals surface area contributed by atoms with E-state index in [1.54, 1.807) is 6.07 Å². The number of aryl methyl sites for hydroxylation is 2. The first kappa shape index (κ1) is 20.5. The summed E-state index contributed by atoms with van der Waals surface area (Å²) in [6.45, 7) is 6.29. The van der Waals surface area contributed by atoms with Crippen LogP contribution in [0.5, 0.6) is 0 Å². The normalized spacial score (nSPS) is 16.0. The minimum absolute atomic E-state index is 0.152. The van der Waals surface area contributed by atoms with Gasteiger partial charge in [-0.2, -0.15) is 0 Å². The molecule has 1 aromatic heterocycles. The highest BCUT2D eigenvalue weighted by Crippen LogP contribution is 2.27. The molecule has 7 heteroatoms. The highest BCUT2D eigenvalue weighted by molar-refractivity contribution is 5.48. The zero-order chi connectivity index (χ0) is 20.8. The van der Waals surface area contributed by atoms with Gasteiger partial charge in [0.15, 0.2) is 5.82 Å². The van der Waals surface area contributed by atoms with Crippen LogP contribution in [0.15, 0.2) is 54.6 Å². The van der Waals surface area contributed by atoms with Crippen LogP contribution < -0.4 is 4.90 Å². The van der Waals surface area contributed by atoms with Gasteiger partial charge in [-0.15, -0.1) is 5.10 Å². The summed E-state index contributed by atoms with van der Waals surface area (Å²) in [4.78, 5) is 4.58. The smallest absolute Gasteiger partial charge is 0.168 e. The first-order valence-electron chi connectivity index (χ1n) is 10.8. The van der Waals surface area contributed by atoms with Crippen molar-refractivity contribution in [1.29, 1.82) is 0 Å². The number of anilines is 1. The van der Waals surface area contributed by atoms with E-state index >= 15 is 0 Å². The van der Waals surface area contributed by atoms with Crippen LogP contribution in [0.4, 0.5) is 10.1 Å². The Morgan fingerprint density at radius 3 is 2.43 bits per heavy atom. The van der Waals surface area contributed by atoms with Crippen LogP contribution >= 0.6 is 0 Å². The average molecular weight is 409 g/mol. The molecule has 1 fully saturated rings. The van der Waals surface area contributed by atoms with Gasteiger partial charge in [0.05, 0.1) is 11.7 Å². The topological polar surface area (TPSA) is 50.1 Å². The van der Waals surface area contributed by atoms with Crippen molar-refractivity contribution in [3.63, 3.8) is 0 Å². The van der Waals surface area contributed by atoms with E-state index in [1.165, 1.54) is 11.6 Å². The second-order valence-electron chi connectivity index (χ2n) is 7.77. The van der Waals surface area contributed by atoms with Crippen molar-refractivity contribution in [2.45, 2.75) is 38.8 Å². The molecule has 0 unspecified atom stereocenters. The minimum Gasteiger partial charge on any atom is -0.367 e. The Balaban J connectivity index is 1.44. The number of rotatable bonds is 8. The average Bonchev–Trinajstić information content (AvgIpc) is 3.26. The van der Waals surface area contributed by atoms with Crippen LogP contribution in [0.1, 0.15) is 37.2 Å². The highest BCUT2D eigenvalue weighted by atomic mass is 19.1. The van der Waals surface area contributed by atoms with Gasteiger partial charge in [-0.25, -0.2) is 9.07 Å². The third-order valence-corrected chi connectivity index (χ3v) is 5.82. The molecular formula is C23H29FN6. The Kier molecular flexibility index (Phi) is 6.69. The molecule has 30 heavy (non-hydrogen) atoms. The molecule has 0 amide bonds. The molecule has 0 radical (unpaired) electrons. The molecule has 2 aromatic carbocycles. The zero-order valence-corrected chi connectivity index (χ0v) is 17.5. The van der Waals surface area contributed by atoms with E-state index in [0.29, 0.717) is 5.69 Å². The van der Waals surface area contributed by atoms with Gasteiger partial charge in [-0.05, 0) is 41.0 Å². The van der Waals surface area contributed by atoms with Gasteiger partial charge in [0.2, 0.25) is 0 Å². The van der Waals surface area contributed by atoms with Crippen LogP contribution in [0.3, 0.4) is 0 Å². The first-order chi connectivity index (χ1) is 14.8. The fraction of sp³-hybridized carbons (Fsp3) is 0.435. The summed E-state index contributed by atoms with van der Waals surface area (Å²) >= 11 is 0. The summed E-state index contributed by atoms with van der Waals surface area (Å²) in [5.41, 5.74) is 1.97. The van der Waals surface area contributed by atoms with Crippen LogP contribution in [0.25, 0.3) is 0 Å². The standard InChI is InChI=1S/C23H29FN6/c1-2-8-22(23-25-26-27-30(23)14-13-19-9-4-3-5-10-19)29-17-15-28(16-18-29)21-12-7-6-11-20(21)24/h3-7,9-12,22H,2,8,13-18H2,1H3/t22-/m1/s1. The number of hydrogen-bond donors (Lipinski definition) is 0. The Hall–Kier alpha value is -2.80. The quantitative estimate of drug-likeness (QED) is 0.569. The molecule has 4 rings (SSSR count). The molecule has 0 spiro atoms. The van der Waals surface area contributed by atoms with Gasteiger partial charge in [0.25, 0.3) is 0 Å². The molecule has 1 aliphatic heterocycles. The van der Waals surface area contributed by atoms with Gasteiger partial charge in [-0.3, -0.25) is 4.90 Å². The second-order valence-corrected chi connectivity index (χ2v) is 7.77. The molecule has 1 atom stereocenters. The molecule has 3 aromatic rings. The van der Waals surface area contributed by atoms with E-state index in [-0.39, 0.29) is 11.9 Å². The fourth-order valence-corrected chi connectivity index (χ4v) is 4.22. The monoisotopic (exact) mass is 408 g/mol. The minimum atomic E-state index is -0.152. The van der Waals surface area contributed by atoms with E-state index < -0.39 is 0 Å². The van der Waals surface area contributed by atoms with Crippen molar-refractivity contribution < 1.29 is 4.39 Å². The largest absolute Gasteiger partial charge is 0.367 e. The Bertz CT molecular complexity index is 920. The third kappa shape index (κ3) is 4.67. The molecule has 158 valence electrons. The highest BCUT2D eigenvalue weighted by Gasteiger charge is 2.29. The molecule has 0 bridgehead atoms. The van der Waals surface area contributed by atoms with Crippen molar-refractivity contribution >= 4 is 5.69 Å². The summed E-state index contributed by atoms with van der Waals surface area (Å²) in [6.07, 6.45) is 2.97. The first-order valence-corrected chi connectivity index (χ1v) is 10.8. The van der Waals surface area contributed by atoms with E-state index in [0.717, 1.165) is 57.8 Å². The predicted molar refractivity (Wildman–Crippen MR) is 116 cm³/mol. The van der Waals surface area contributed by atoms with Gasteiger partial charge in [-0.1, -0.05) is 55.8 Å². The molecule has 1 aliphatic rings. The van der Waals surface area contributed by atoms with E-state index in [4.69, 9.17) is 0 Å². The number of benzene rings is 2. The van der Waals surface area contributed by atoms with Crippen molar-refractivity contribution in [3.8, 4) is 0 Å². The fourth-order valence-electron chi connectivity index (χ4n) is 4.22. The summed E-state index contributed by atoms with van der Waals surface area (Å²) < 4.78 is 16.1. The molecule has 1 saturated heterocycles. The Morgan fingerprint density at radius 2 is 1.70 bits per heavy atom.